The van der Waals surface area contributed by atoms with Crippen molar-refractivity contribution in [2.75, 3.05) is 6.61 Å². The molecule has 0 amide bonds. The second-order valence-electron chi connectivity index (χ2n) is 4.54. The highest BCUT2D eigenvalue weighted by Crippen LogP contribution is 2.29. The maximum absolute atomic E-state index is 12.6. The van der Waals surface area contributed by atoms with Crippen LogP contribution >= 0.6 is 0 Å². The summed E-state index contributed by atoms with van der Waals surface area (Å²) in [6.07, 6.45) is -1.91. The Balaban J connectivity index is 3.13. The van der Waals surface area contributed by atoms with Gasteiger partial charge in [0.1, 0.15) is 5.57 Å². The van der Waals surface area contributed by atoms with Gasteiger partial charge in [0.15, 0.2) is 0 Å². The highest BCUT2D eigenvalue weighted by molar-refractivity contribution is 6.14. The summed E-state index contributed by atoms with van der Waals surface area (Å²) in [5.41, 5.74) is -1.07. The van der Waals surface area contributed by atoms with Gasteiger partial charge in [0, 0.05) is 0 Å². The average Bonchev–Trinajstić information content (AvgIpc) is 2.44. The quantitative estimate of drug-likeness (QED) is 0.294. The number of esters is 1. The van der Waals surface area contributed by atoms with Gasteiger partial charge in [0.2, 0.25) is 0 Å². The molecule has 0 fully saturated rings. The normalized spacial score (nSPS) is 12.9. The molecule has 0 aromatic heterocycles. The van der Waals surface area contributed by atoms with E-state index in [1.807, 2.05) is 0 Å². The number of alkyl halides is 3. The molecule has 0 unspecified atom stereocenters. The van der Waals surface area contributed by atoms with Gasteiger partial charge in [0.05, 0.1) is 12.2 Å². The first-order valence-electron chi connectivity index (χ1n) is 6.63. The number of ether oxygens (including phenoxy) is 1. The third kappa shape index (κ3) is 5.28. The van der Waals surface area contributed by atoms with Gasteiger partial charge in [-0.3, -0.25) is 0 Å². The van der Waals surface area contributed by atoms with E-state index in [1.54, 1.807) is 0 Å². The summed E-state index contributed by atoms with van der Waals surface area (Å²) in [6.45, 7) is 2.91. The van der Waals surface area contributed by atoms with E-state index in [4.69, 9.17) is 5.11 Å². The molecule has 7 heteroatoms. The molecule has 0 heterocycles. The first-order chi connectivity index (χ1) is 10.7. The van der Waals surface area contributed by atoms with Crippen molar-refractivity contribution in [2.45, 2.75) is 20.0 Å². The summed E-state index contributed by atoms with van der Waals surface area (Å²) in [5, 5.41) is 9.05. The fourth-order valence-electron chi connectivity index (χ4n) is 1.74. The van der Waals surface area contributed by atoms with E-state index in [9.17, 15) is 22.8 Å². The van der Waals surface area contributed by atoms with E-state index in [2.05, 4.69) is 4.74 Å². The summed E-state index contributed by atoms with van der Waals surface area (Å²) in [6, 6.07) is 4.53. The second kappa shape index (κ2) is 7.62. The molecule has 0 aliphatic carbocycles. The minimum atomic E-state index is -4.47. The van der Waals surface area contributed by atoms with Crippen molar-refractivity contribution in [1.29, 1.82) is 0 Å². The van der Waals surface area contributed by atoms with Crippen LogP contribution < -0.4 is 0 Å². The Kier molecular flexibility index (Phi) is 6.12. The first-order valence-corrected chi connectivity index (χ1v) is 6.63. The predicted octanol–water partition coefficient (Wildman–Crippen LogP) is 3.68. The molecular weight excluding hydrogens is 313 g/mol. The maximum Gasteiger partial charge on any atom is 0.416 e. The van der Waals surface area contributed by atoms with E-state index in [0.717, 1.165) is 12.1 Å². The number of carbonyl (C=O) groups is 2. The van der Waals surface area contributed by atoms with Gasteiger partial charge in [-0.05, 0) is 37.1 Å². The standard InChI is InChI=1S/C16H15F3O4/c1-3-23-15(22)13(14(20)21)10(2)7-8-11-5-4-6-12(9-11)16(17,18)19/h4-9H,3H2,1-2H3,(H,20,21)/b8-7+,13-10-. The molecule has 0 bridgehead atoms. The summed E-state index contributed by atoms with van der Waals surface area (Å²) in [5.74, 6) is -2.46. The van der Waals surface area contributed by atoms with Crippen LogP contribution in [0.5, 0.6) is 0 Å². The van der Waals surface area contributed by atoms with Crippen LogP contribution in [-0.4, -0.2) is 23.7 Å². The molecule has 23 heavy (non-hydrogen) atoms. The van der Waals surface area contributed by atoms with Crippen molar-refractivity contribution in [3.63, 3.8) is 0 Å². The summed E-state index contributed by atoms with van der Waals surface area (Å²) >= 11 is 0. The molecule has 0 aliphatic heterocycles. The van der Waals surface area contributed by atoms with Gasteiger partial charge in [0.25, 0.3) is 0 Å². The van der Waals surface area contributed by atoms with Crippen molar-refractivity contribution >= 4 is 18.0 Å². The number of benzene rings is 1. The van der Waals surface area contributed by atoms with Crippen LogP contribution in [0.1, 0.15) is 25.0 Å². The molecular formula is C16H15F3O4. The molecule has 0 aliphatic rings. The summed E-state index contributed by atoms with van der Waals surface area (Å²) in [7, 11) is 0. The molecule has 124 valence electrons. The fourth-order valence-corrected chi connectivity index (χ4v) is 1.74. The Morgan fingerprint density at radius 2 is 1.96 bits per heavy atom. The largest absolute Gasteiger partial charge is 0.477 e. The van der Waals surface area contributed by atoms with Crippen LogP contribution in [0.2, 0.25) is 0 Å². The molecule has 0 saturated carbocycles. The van der Waals surface area contributed by atoms with E-state index >= 15 is 0 Å². The Bertz CT molecular complexity index is 658. The van der Waals surface area contributed by atoms with E-state index in [-0.39, 0.29) is 17.7 Å². The summed E-state index contributed by atoms with van der Waals surface area (Å²) in [4.78, 5) is 22.7. The maximum atomic E-state index is 12.6. The zero-order chi connectivity index (χ0) is 17.6. The monoisotopic (exact) mass is 328 g/mol. The number of hydrogen-bond donors (Lipinski definition) is 1. The molecule has 0 radical (unpaired) electrons. The lowest BCUT2D eigenvalue weighted by molar-refractivity contribution is -0.144. The SMILES string of the molecule is CCOC(=O)/C(C(=O)O)=C(C)\C=C\c1cccc(C(F)(F)F)c1. The highest BCUT2D eigenvalue weighted by Gasteiger charge is 2.30. The minimum absolute atomic E-state index is 0.0141. The lowest BCUT2D eigenvalue weighted by Crippen LogP contribution is -2.16. The number of aliphatic carboxylic acids is 1. The molecule has 1 aromatic rings. The van der Waals surface area contributed by atoms with Gasteiger partial charge in [-0.15, -0.1) is 0 Å². The number of carbonyl (C=O) groups excluding carboxylic acids is 1. The van der Waals surface area contributed by atoms with E-state index in [0.29, 0.717) is 0 Å². The third-order valence-electron chi connectivity index (χ3n) is 2.83. The van der Waals surface area contributed by atoms with Gasteiger partial charge in [-0.1, -0.05) is 24.3 Å². The zero-order valence-corrected chi connectivity index (χ0v) is 12.5. The topological polar surface area (TPSA) is 63.6 Å². The van der Waals surface area contributed by atoms with Gasteiger partial charge in [-0.25, -0.2) is 9.59 Å². The van der Waals surface area contributed by atoms with Crippen LogP contribution in [0.4, 0.5) is 13.2 Å². The minimum Gasteiger partial charge on any atom is -0.477 e. The lowest BCUT2D eigenvalue weighted by Gasteiger charge is -2.07. The smallest absolute Gasteiger partial charge is 0.416 e. The van der Waals surface area contributed by atoms with Crippen LogP contribution in [0, 0.1) is 0 Å². The van der Waals surface area contributed by atoms with Crippen LogP contribution in [0.15, 0.2) is 41.5 Å². The van der Waals surface area contributed by atoms with Gasteiger partial charge < -0.3 is 9.84 Å². The number of allylic oxidation sites excluding steroid dienone is 2. The molecule has 1 aromatic carbocycles. The van der Waals surface area contributed by atoms with E-state index < -0.39 is 29.3 Å². The number of halogens is 3. The lowest BCUT2D eigenvalue weighted by atomic mass is 10.1. The molecule has 1 rings (SSSR count). The first kappa shape index (κ1) is 18.5. The molecule has 0 spiro atoms. The van der Waals surface area contributed by atoms with Crippen molar-refractivity contribution < 1.29 is 32.6 Å². The fraction of sp³-hybridized carbons (Fsp3) is 0.250. The molecule has 4 nitrogen and oxygen atoms in total. The number of carboxylic acid groups (broad SMARTS) is 1. The van der Waals surface area contributed by atoms with Crippen molar-refractivity contribution in [3.05, 3.63) is 52.6 Å². The Hall–Kier alpha value is -2.57. The number of hydrogen-bond acceptors (Lipinski definition) is 3. The van der Waals surface area contributed by atoms with Gasteiger partial charge >= 0.3 is 18.1 Å². The van der Waals surface area contributed by atoms with Crippen molar-refractivity contribution in [2.24, 2.45) is 0 Å². The number of carboxylic acids is 1. The predicted molar refractivity (Wildman–Crippen MR) is 77.4 cm³/mol. The van der Waals surface area contributed by atoms with Crippen LogP contribution in [0.25, 0.3) is 6.08 Å². The van der Waals surface area contributed by atoms with E-state index in [1.165, 1.54) is 38.1 Å². The Labute approximate surface area is 130 Å². The Morgan fingerprint density at radius 1 is 1.30 bits per heavy atom. The zero-order valence-electron chi connectivity index (χ0n) is 12.5. The highest BCUT2D eigenvalue weighted by atomic mass is 19.4. The molecule has 0 saturated heterocycles. The Morgan fingerprint density at radius 3 is 2.48 bits per heavy atom. The van der Waals surface area contributed by atoms with Gasteiger partial charge in [-0.2, -0.15) is 13.2 Å². The van der Waals surface area contributed by atoms with Crippen molar-refractivity contribution in [1.82, 2.24) is 0 Å². The second-order valence-corrected chi connectivity index (χ2v) is 4.54. The van der Waals surface area contributed by atoms with Crippen LogP contribution in [0.3, 0.4) is 0 Å². The number of rotatable bonds is 5. The average molecular weight is 328 g/mol. The van der Waals surface area contributed by atoms with Crippen molar-refractivity contribution in [3.8, 4) is 0 Å². The third-order valence-corrected chi connectivity index (χ3v) is 2.83. The molecule has 1 N–H and O–H groups in total. The van der Waals surface area contributed by atoms with Crippen LogP contribution in [-0.2, 0) is 20.5 Å². The molecule has 0 atom stereocenters. The summed E-state index contributed by atoms with van der Waals surface area (Å²) < 4.78 is 42.5.